The van der Waals surface area contributed by atoms with E-state index in [9.17, 15) is 27.9 Å². The summed E-state index contributed by atoms with van der Waals surface area (Å²) in [6.45, 7) is 0.169. The molecule has 0 unspecified atom stereocenters. The first kappa shape index (κ1) is 22.3. The molecule has 33 heavy (non-hydrogen) atoms. The number of hydrogen-bond acceptors (Lipinski definition) is 7. The second-order valence-corrected chi connectivity index (χ2v) is 7.42. The van der Waals surface area contributed by atoms with Gasteiger partial charge in [0, 0.05) is 37.9 Å². The number of H-pyrrole nitrogens is 1. The summed E-state index contributed by atoms with van der Waals surface area (Å²) in [5.41, 5.74) is -1.06. The fraction of sp³-hybridized carbons (Fsp3) is 0.316. The van der Waals surface area contributed by atoms with E-state index in [4.69, 9.17) is 5.84 Å². The number of piperidine rings is 1. The average molecular weight is 464 g/mol. The van der Waals surface area contributed by atoms with Crippen LogP contribution in [0.4, 0.5) is 29.3 Å². The Hall–Kier alpha value is -3.94. The average Bonchev–Trinajstić information content (AvgIpc) is 3.20. The number of fused-ring (bicyclic) bond motifs is 1. The monoisotopic (exact) mass is 464 g/mol. The molecule has 0 spiro atoms. The van der Waals surface area contributed by atoms with E-state index in [0.29, 0.717) is 24.0 Å². The highest BCUT2D eigenvalue weighted by Gasteiger charge is 2.39. The summed E-state index contributed by atoms with van der Waals surface area (Å²) in [7, 11) is 0. The van der Waals surface area contributed by atoms with Gasteiger partial charge in [-0.2, -0.15) is 13.2 Å². The summed E-state index contributed by atoms with van der Waals surface area (Å²) in [5, 5.41) is 12.4. The van der Waals surface area contributed by atoms with Crippen LogP contribution in [0.1, 0.15) is 28.9 Å². The van der Waals surface area contributed by atoms with Gasteiger partial charge in [-0.1, -0.05) is 0 Å². The van der Waals surface area contributed by atoms with E-state index < -0.39 is 29.8 Å². The number of carbonyl (C=O) groups is 2. The van der Waals surface area contributed by atoms with Crippen molar-refractivity contribution in [1.82, 2.24) is 24.9 Å². The second kappa shape index (κ2) is 8.54. The summed E-state index contributed by atoms with van der Waals surface area (Å²) < 4.78 is 41.9. The topological polar surface area (TPSA) is 153 Å². The van der Waals surface area contributed by atoms with Crippen LogP contribution in [-0.4, -0.2) is 61.2 Å². The molecule has 0 saturated carbocycles. The van der Waals surface area contributed by atoms with Crippen molar-refractivity contribution in [3.05, 3.63) is 42.2 Å². The molecule has 14 heteroatoms. The zero-order valence-electron chi connectivity index (χ0n) is 17.0. The van der Waals surface area contributed by atoms with Crippen molar-refractivity contribution in [3.8, 4) is 0 Å². The molecule has 5 N–H and O–H groups in total. The number of nitrogens with zero attached hydrogens (tertiary/aromatic N) is 5. The Morgan fingerprint density at radius 1 is 1.27 bits per heavy atom. The van der Waals surface area contributed by atoms with Crippen LogP contribution >= 0.6 is 0 Å². The number of aromatic nitrogens is 4. The lowest BCUT2D eigenvalue weighted by Gasteiger charge is -2.38. The number of pyridine rings is 1. The van der Waals surface area contributed by atoms with Gasteiger partial charge in [-0.25, -0.2) is 25.6 Å². The van der Waals surface area contributed by atoms with Gasteiger partial charge in [-0.15, -0.1) is 0 Å². The first-order valence-electron chi connectivity index (χ1n) is 9.83. The highest BCUT2D eigenvalue weighted by atomic mass is 19.4. The lowest BCUT2D eigenvalue weighted by Crippen LogP contribution is -2.53. The Labute approximate surface area is 184 Å². The van der Waals surface area contributed by atoms with Gasteiger partial charge in [0.05, 0.1) is 34.6 Å². The summed E-state index contributed by atoms with van der Waals surface area (Å²) in [6.07, 6.45) is 0.655. The first-order chi connectivity index (χ1) is 15.7. The van der Waals surface area contributed by atoms with Crippen molar-refractivity contribution in [2.24, 2.45) is 5.84 Å². The number of nitrogens with one attached hydrogen (secondary N) is 2. The fourth-order valence-electron chi connectivity index (χ4n) is 3.86. The molecule has 1 saturated heterocycles. The maximum atomic E-state index is 14.0. The molecule has 0 radical (unpaired) electrons. The van der Waals surface area contributed by atoms with Crippen molar-refractivity contribution in [2.75, 3.05) is 23.3 Å². The predicted molar refractivity (Wildman–Crippen MR) is 110 cm³/mol. The van der Waals surface area contributed by atoms with Gasteiger partial charge >= 0.3 is 12.3 Å². The molecule has 1 aliphatic heterocycles. The molecule has 3 aromatic heterocycles. The standard InChI is InChI=1S/C19H19F3N8O3/c20-19(21,22)11-6-26-16-14(12(8-27-16)28-17(31)13-7-24-3-4-25-13)15(11)29-5-1-2-10(9-29)30(23)18(32)33/h3-4,6-8,10H,1-2,5,9,23H2,(H,26,27)(H,28,31)(H,32,33)/t10-/m1/s1. The summed E-state index contributed by atoms with van der Waals surface area (Å²) >= 11 is 0. The highest BCUT2D eigenvalue weighted by molar-refractivity contribution is 6.11. The third-order valence-corrected chi connectivity index (χ3v) is 5.35. The second-order valence-electron chi connectivity index (χ2n) is 7.42. The van der Waals surface area contributed by atoms with Crippen LogP contribution in [0.3, 0.4) is 0 Å². The van der Waals surface area contributed by atoms with Gasteiger partial charge in [0.2, 0.25) is 0 Å². The van der Waals surface area contributed by atoms with Crippen LogP contribution in [-0.2, 0) is 6.18 Å². The van der Waals surface area contributed by atoms with Gasteiger partial charge in [0.15, 0.2) is 0 Å². The van der Waals surface area contributed by atoms with Crippen LogP contribution in [0.25, 0.3) is 11.0 Å². The van der Waals surface area contributed by atoms with Gasteiger partial charge in [-0.3, -0.25) is 9.78 Å². The van der Waals surface area contributed by atoms with Crippen molar-refractivity contribution >= 4 is 34.4 Å². The maximum absolute atomic E-state index is 14.0. The number of carboxylic acid groups (broad SMARTS) is 1. The number of amides is 2. The molecule has 11 nitrogen and oxygen atoms in total. The van der Waals surface area contributed by atoms with Gasteiger partial charge in [0.25, 0.3) is 5.91 Å². The van der Waals surface area contributed by atoms with E-state index in [1.54, 1.807) is 0 Å². The number of rotatable bonds is 4. The molecule has 2 amide bonds. The minimum atomic E-state index is -4.75. The number of aromatic amines is 1. The largest absolute Gasteiger partial charge is 0.464 e. The van der Waals surface area contributed by atoms with Gasteiger partial charge < -0.3 is 20.3 Å². The third kappa shape index (κ3) is 4.37. The van der Waals surface area contributed by atoms with E-state index in [2.05, 4.69) is 25.3 Å². The number of hydrazine groups is 1. The highest BCUT2D eigenvalue weighted by Crippen LogP contribution is 2.43. The molecule has 0 aromatic carbocycles. The van der Waals surface area contributed by atoms with Gasteiger partial charge in [-0.05, 0) is 12.8 Å². The molecular formula is C19H19F3N8O3. The summed E-state index contributed by atoms with van der Waals surface area (Å²) in [4.78, 5) is 39.6. The molecule has 1 atom stereocenters. The Kier molecular flexibility index (Phi) is 5.76. The number of hydrogen-bond donors (Lipinski definition) is 4. The van der Waals surface area contributed by atoms with Gasteiger partial charge in [0.1, 0.15) is 11.3 Å². The molecule has 1 fully saturated rings. The smallest absolute Gasteiger partial charge is 0.421 e. The molecule has 1 aliphatic rings. The zero-order chi connectivity index (χ0) is 23.8. The normalized spacial score (nSPS) is 16.6. The molecule has 174 valence electrons. The van der Waals surface area contributed by atoms with Crippen molar-refractivity contribution in [1.29, 1.82) is 0 Å². The fourth-order valence-corrected chi connectivity index (χ4v) is 3.86. The van der Waals surface area contributed by atoms with E-state index in [0.717, 1.165) is 0 Å². The Bertz CT molecular complexity index is 1180. The number of nitrogens with two attached hydrogens (primary N) is 1. The Balaban J connectivity index is 1.80. The van der Waals surface area contributed by atoms with Crippen LogP contribution in [0.5, 0.6) is 0 Å². The van der Waals surface area contributed by atoms with E-state index in [1.807, 2.05) is 0 Å². The quantitative estimate of drug-likeness (QED) is 0.261. The Morgan fingerprint density at radius 2 is 2.06 bits per heavy atom. The molecular weight excluding hydrogens is 445 g/mol. The van der Waals surface area contributed by atoms with Crippen molar-refractivity contribution in [2.45, 2.75) is 25.1 Å². The van der Waals surface area contributed by atoms with E-state index >= 15 is 0 Å². The van der Waals surface area contributed by atoms with E-state index in [-0.39, 0.29) is 41.2 Å². The van der Waals surface area contributed by atoms with Crippen molar-refractivity contribution in [3.63, 3.8) is 0 Å². The number of halogens is 3. The molecule has 0 bridgehead atoms. The lowest BCUT2D eigenvalue weighted by atomic mass is 10.0. The first-order valence-corrected chi connectivity index (χ1v) is 9.83. The number of alkyl halides is 3. The van der Waals surface area contributed by atoms with Crippen molar-refractivity contribution < 1.29 is 27.9 Å². The third-order valence-electron chi connectivity index (χ3n) is 5.35. The molecule has 3 aromatic rings. The van der Waals surface area contributed by atoms with Crippen LogP contribution in [0.15, 0.2) is 31.0 Å². The minimum Gasteiger partial charge on any atom is -0.464 e. The number of carbonyl (C=O) groups excluding carboxylic acids is 1. The maximum Gasteiger partial charge on any atom is 0.421 e. The van der Waals surface area contributed by atoms with E-state index in [1.165, 1.54) is 29.7 Å². The minimum absolute atomic E-state index is 0.0217. The molecule has 0 aliphatic carbocycles. The number of anilines is 2. The zero-order valence-corrected chi connectivity index (χ0v) is 17.0. The van der Waals surface area contributed by atoms with Crippen LogP contribution in [0.2, 0.25) is 0 Å². The predicted octanol–water partition coefficient (Wildman–Crippen LogP) is 2.45. The van der Waals surface area contributed by atoms with Crippen LogP contribution in [0, 0.1) is 0 Å². The summed E-state index contributed by atoms with van der Waals surface area (Å²) in [6, 6.07) is -0.711. The molecule has 4 rings (SSSR count). The SMILES string of the molecule is NN(C(=O)O)[C@@H]1CCCN(c2c(C(F)(F)F)cnc3[nH]cc(NC(=O)c4cnccn4)c23)C1. The summed E-state index contributed by atoms with van der Waals surface area (Å²) in [5.74, 6) is 4.94. The lowest BCUT2D eigenvalue weighted by molar-refractivity contribution is -0.137. The molecule has 4 heterocycles. The van der Waals surface area contributed by atoms with Crippen LogP contribution < -0.4 is 16.1 Å². The Morgan fingerprint density at radius 3 is 2.73 bits per heavy atom.